The third kappa shape index (κ3) is 3.35. The molecular formula is C10H15ClN2O2S. The number of imidazole rings is 1. The van der Waals surface area contributed by atoms with Crippen molar-refractivity contribution in [3.63, 3.8) is 0 Å². The molecule has 1 rings (SSSR count). The molecule has 0 unspecified atom stereocenters. The van der Waals surface area contributed by atoms with Gasteiger partial charge in [0, 0.05) is 29.8 Å². The fourth-order valence-electron chi connectivity index (χ4n) is 1.33. The lowest BCUT2D eigenvalue weighted by atomic mass is 10.2. The van der Waals surface area contributed by atoms with Crippen LogP contribution in [0.15, 0.2) is 23.4 Å². The number of hydrogen-bond donors (Lipinski definition) is 0. The van der Waals surface area contributed by atoms with Gasteiger partial charge in [-0.2, -0.15) is 0 Å². The van der Waals surface area contributed by atoms with Crippen molar-refractivity contribution in [1.82, 2.24) is 9.55 Å². The highest BCUT2D eigenvalue weighted by molar-refractivity contribution is 8.13. The third-order valence-corrected chi connectivity index (χ3v) is 3.35. The lowest BCUT2D eigenvalue weighted by Gasteiger charge is -2.04. The molecule has 90 valence electrons. The van der Waals surface area contributed by atoms with E-state index in [1.54, 1.807) is 0 Å². The summed E-state index contributed by atoms with van der Waals surface area (Å²) in [5.74, 6) is 0.723. The van der Waals surface area contributed by atoms with Gasteiger partial charge in [0.25, 0.3) is 9.05 Å². The molecule has 1 heterocycles. The zero-order chi connectivity index (χ0) is 12.3. The van der Waals surface area contributed by atoms with Gasteiger partial charge in [-0.25, -0.2) is 13.4 Å². The molecule has 0 spiro atoms. The van der Waals surface area contributed by atoms with Gasteiger partial charge in [0.15, 0.2) is 5.03 Å². The van der Waals surface area contributed by atoms with Gasteiger partial charge in [-0.15, -0.1) is 6.58 Å². The molecule has 0 bridgehead atoms. The highest BCUT2D eigenvalue weighted by Gasteiger charge is 2.16. The Morgan fingerprint density at radius 1 is 1.62 bits per heavy atom. The van der Waals surface area contributed by atoms with Crippen molar-refractivity contribution < 1.29 is 8.42 Å². The Morgan fingerprint density at radius 3 is 2.69 bits per heavy atom. The molecule has 0 aliphatic heterocycles. The van der Waals surface area contributed by atoms with Gasteiger partial charge in [0.1, 0.15) is 5.82 Å². The Balaban J connectivity index is 3.00. The molecule has 16 heavy (non-hydrogen) atoms. The molecule has 0 N–H and O–H groups in total. The van der Waals surface area contributed by atoms with Gasteiger partial charge in [0.05, 0.1) is 0 Å². The number of nitrogens with zero attached hydrogens (tertiary/aromatic N) is 2. The maximum Gasteiger partial charge on any atom is 0.280 e. The van der Waals surface area contributed by atoms with E-state index in [4.69, 9.17) is 10.7 Å². The Bertz CT molecular complexity index is 491. The molecule has 4 nitrogen and oxygen atoms in total. The Kier molecular flexibility index (Phi) is 4.15. The van der Waals surface area contributed by atoms with Gasteiger partial charge in [-0.3, -0.25) is 0 Å². The minimum atomic E-state index is -3.74. The van der Waals surface area contributed by atoms with Crippen LogP contribution in [-0.2, 0) is 22.0 Å². The molecule has 0 fully saturated rings. The Labute approximate surface area is 100 Å². The normalized spacial score (nSPS) is 11.7. The number of aryl methyl sites for hydroxylation is 2. The van der Waals surface area contributed by atoms with E-state index < -0.39 is 9.05 Å². The van der Waals surface area contributed by atoms with Gasteiger partial charge in [-0.05, 0) is 13.3 Å². The largest absolute Gasteiger partial charge is 0.333 e. The fourth-order valence-corrected chi connectivity index (χ4v) is 2.02. The van der Waals surface area contributed by atoms with Gasteiger partial charge in [0.2, 0.25) is 0 Å². The number of allylic oxidation sites excluding steroid dienone is 1. The highest BCUT2D eigenvalue weighted by Crippen LogP contribution is 2.15. The molecule has 0 amide bonds. The third-order valence-electron chi connectivity index (χ3n) is 2.18. The van der Waals surface area contributed by atoms with Crippen molar-refractivity contribution in [2.24, 2.45) is 0 Å². The minimum absolute atomic E-state index is 0.0762. The van der Waals surface area contributed by atoms with Crippen LogP contribution in [0.4, 0.5) is 0 Å². The smallest absolute Gasteiger partial charge is 0.280 e. The highest BCUT2D eigenvalue weighted by atomic mass is 35.7. The lowest BCUT2D eigenvalue weighted by molar-refractivity contribution is 0.606. The van der Waals surface area contributed by atoms with Crippen LogP contribution in [0.25, 0.3) is 0 Å². The van der Waals surface area contributed by atoms with Crippen molar-refractivity contribution >= 4 is 19.7 Å². The molecule has 0 aromatic carbocycles. The summed E-state index contributed by atoms with van der Waals surface area (Å²) in [4.78, 5) is 3.99. The first-order valence-electron chi connectivity index (χ1n) is 4.99. The summed E-state index contributed by atoms with van der Waals surface area (Å²) in [6.07, 6.45) is 2.94. The SMILES string of the molecule is C=C(C)CCn1cc(S(=O)(=O)Cl)nc1CC. The summed E-state index contributed by atoms with van der Waals surface area (Å²) in [5.41, 5.74) is 1.05. The molecular weight excluding hydrogens is 248 g/mol. The quantitative estimate of drug-likeness (QED) is 0.605. The maximum atomic E-state index is 11.1. The van der Waals surface area contributed by atoms with Crippen LogP contribution in [0.2, 0.25) is 0 Å². The van der Waals surface area contributed by atoms with Crippen molar-refractivity contribution in [3.8, 4) is 0 Å². The summed E-state index contributed by atoms with van der Waals surface area (Å²) in [6.45, 7) is 8.33. The summed E-state index contributed by atoms with van der Waals surface area (Å²) in [7, 11) is 1.51. The molecule has 0 saturated heterocycles. The first-order valence-corrected chi connectivity index (χ1v) is 7.30. The van der Waals surface area contributed by atoms with E-state index >= 15 is 0 Å². The van der Waals surface area contributed by atoms with Gasteiger partial charge >= 0.3 is 0 Å². The van der Waals surface area contributed by atoms with Crippen molar-refractivity contribution in [1.29, 1.82) is 0 Å². The second kappa shape index (κ2) is 5.01. The lowest BCUT2D eigenvalue weighted by Crippen LogP contribution is -2.02. The average Bonchev–Trinajstić information content (AvgIpc) is 2.56. The van der Waals surface area contributed by atoms with E-state index in [0.29, 0.717) is 13.0 Å². The molecule has 0 saturated carbocycles. The predicted octanol–water partition coefficient (Wildman–Crippen LogP) is 2.34. The maximum absolute atomic E-state index is 11.1. The van der Waals surface area contributed by atoms with Crippen LogP contribution in [0.3, 0.4) is 0 Å². The first-order chi connectivity index (χ1) is 7.34. The standard InChI is InChI=1S/C10H15ClN2O2S/c1-4-9-12-10(16(11,14)15)7-13(9)6-5-8(2)3/h7H,2,4-6H2,1,3H3. The van der Waals surface area contributed by atoms with Crippen LogP contribution in [0.1, 0.15) is 26.1 Å². The zero-order valence-electron chi connectivity index (χ0n) is 9.40. The van der Waals surface area contributed by atoms with Crippen molar-refractivity contribution in [2.45, 2.75) is 38.3 Å². The average molecular weight is 263 g/mol. The molecule has 0 aliphatic carbocycles. The summed E-state index contributed by atoms with van der Waals surface area (Å²) in [5, 5.41) is -0.0762. The van der Waals surface area contributed by atoms with E-state index in [1.165, 1.54) is 6.20 Å². The van der Waals surface area contributed by atoms with Crippen LogP contribution in [0.5, 0.6) is 0 Å². The Morgan fingerprint density at radius 2 is 2.25 bits per heavy atom. The number of hydrogen-bond acceptors (Lipinski definition) is 3. The van der Waals surface area contributed by atoms with E-state index in [0.717, 1.165) is 17.8 Å². The van der Waals surface area contributed by atoms with Crippen molar-refractivity contribution in [2.75, 3.05) is 0 Å². The molecule has 0 atom stereocenters. The molecule has 6 heteroatoms. The topological polar surface area (TPSA) is 52.0 Å². The second-order valence-electron chi connectivity index (χ2n) is 3.69. The van der Waals surface area contributed by atoms with Crippen LogP contribution in [-0.4, -0.2) is 18.0 Å². The van der Waals surface area contributed by atoms with E-state index in [-0.39, 0.29) is 5.03 Å². The van der Waals surface area contributed by atoms with E-state index in [1.807, 2.05) is 18.4 Å². The predicted molar refractivity (Wildman–Crippen MR) is 64.1 cm³/mol. The first kappa shape index (κ1) is 13.3. The molecule has 0 aliphatic rings. The van der Waals surface area contributed by atoms with Gasteiger partial charge in [-0.1, -0.05) is 12.5 Å². The van der Waals surface area contributed by atoms with Crippen LogP contribution in [0, 0.1) is 0 Å². The summed E-state index contributed by atoms with van der Waals surface area (Å²) >= 11 is 0. The molecule has 1 aromatic heterocycles. The molecule has 1 aromatic rings. The monoisotopic (exact) mass is 262 g/mol. The summed E-state index contributed by atoms with van der Waals surface area (Å²) in [6, 6.07) is 0. The van der Waals surface area contributed by atoms with Crippen LogP contribution < -0.4 is 0 Å². The summed E-state index contributed by atoms with van der Waals surface area (Å²) < 4.78 is 24.1. The van der Waals surface area contributed by atoms with E-state index in [2.05, 4.69) is 11.6 Å². The Hall–Kier alpha value is -0.810. The second-order valence-corrected chi connectivity index (χ2v) is 6.20. The van der Waals surface area contributed by atoms with Gasteiger partial charge < -0.3 is 4.57 Å². The van der Waals surface area contributed by atoms with E-state index in [9.17, 15) is 8.42 Å². The number of aromatic nitrogens is 2. The number of rotatable bonds is 5. The zero-order valence-corrected chi connectivity index (χ0v) is 11.0. The number of halogens is 1. The minimum Gasteiger partial charge on any atom is -0.333 e. The van der Waals surface area contributed by atoms with Crippen LogP contribution >= 0.6 is 10.7 Å². The van der Waals surface area contributed by atoms with Crippen molar-refractivity contribution in [3.05, 3.63) is 24.2 Å². The molecule has 0 radical (unpaired) electrons. The fraction of sp³-hybridized carbons (Fsp3) is 0.500.